The third-order valence-electron chi connectivity index (χ3n) is 4.84. The highest BCUT2D eigenvalue weighted by atomic mass is 16.4. The minimum absolute atomic E-state index is 0.0753. The number of aromatic nitrogens is 2. The number of unbranched alkanes of at least 4 members (excludes halogenated alkanes) is 7. The number of hydrogen-bond donors (Lipinski definition) is 0. The fourth-order valence-corrected chi connectivity index (χ4v) is 3.41. The van der Waals surface area contributed by atoms with Crippen LogP contribution >= 0.6 is 0 Å². The van der Waals surface area contributed by atoms with Gasteiger partial charge in [0.05, 0.1) is 5.97 Å². The van der Waals surface area contributed by atoms with Crippen molar-refractivity contribution in [1.29, 1.82) is 0 Å². The molecule has 1 aromatic heterocycles. The molecule has 0 amide bonds. The predicted molar refractivity (Wildman–Crippen MR) is 101 cm³/mol. The molecule has 142 valence electrons. The Balaban J connectivity index is 1.89. The Morgan fingerprint density at radius 1 is 1.00 bits per heavy atom. The van der Waals surface area contributed by atoms with Gasteiger partial charge in [-0.05, 0) is 12.0 Å². The van der Waals surface area contributed by atoms with Gasteiger partial charge in [-0.1, -0.05) is 82.2 Å². The standard InChI is InChI=1S/C22H32N2O2/c1-2-3-4-5-6-7-8-12-15-21-23(16-17-24(21)19-22(25)26)18-20-13-10-9-11-14-20/h9-11,13-14,16-17H,2-8,12,15,18-19H2,1H3. The summed E-state index contributed by atoms with van der Waals surface area (Å²) in [6.07, 6.45) is 14.9. The lowest BCUT2D eigenvalue weighted by molar-refractivity contribution is -0.695. The van der Waals surface area contributed by atoms with E-state index in [0.717, 1.165) is 25.2 Å². The Bertz CT molecular complexity index is 649. The molecule has 4 nitrogen and oxygen atoms in total. The van der Waals surface area contributed by atoms with Crippen molar-refractivity contribution in [2.45, 2.75) is 77.8 Å². The van der Waals surface area contributed by atoms with Crippen LogP contribution in [0.15, 0.2) is 42.7 Å². The molecule has 1 aromatic carbocycles. The van der Waals surface area contributed by atoms with Crippen LogP contribution in [0.1, 0.15) is 69.7 Å². The van der Waals surface area contributed by atoms with E-state index in [-0.39, 0.29) is 6.54 Å². The SMILES string of the molecule is CCCCCCCCCCc1n(CC(=O)[O-])cc[n+]1Cc1ccccc1. The molecule has 1 heterocycles. The Morgan fingerprint density at radius 3 is 2.31 bits per heavy atom. The van der Waals surface area contributed by atoms with E-state index in [4.69, 9.17) is 0 Å². The topological polar surface area (TPSA) is 48.9 Å². The van der Waals surface area contributed by atoms with Crippen LogP contribution in [-0.4, -0.2) is 10.5 Å². The lowest BCUT2D eigenvalue weighted by atomic mass is 10.1. The molecule has 2 rings (SSSR count). The van der Waals surface area contributed by atoms with Gasteiger partial charge in [0.15, 0.2) is 0 Å². The van der Waals surface area contributed by atoms with Crippen LogP contribution in [0.2, 0.25) is 0 Å². The van der Waals surface area contributed by atoms with Crippen molar-refractivity contribution in [3.63, 3.8) is 0 Å². The maximum atomic E-state index is 11.0. The summed E-state index contributed by atoms with van der Waals surface area (Å²) in [5, 5.41) is 11.0. The molecule has 0 saturated carbocycles. The molecule has 0 fully saturated rings. The molecule has 0 atom stereocenters. The highest BCUT2D eigenvalue weighted by Gasteiger charge is 2.17. The predicted octanol–water partition coefficient (Wildman–Crippen LogP) is 3.26. The maximum Gasteiger partial charge on any atom is 0.257 e. The minimum atomic E-state index is -1.04. The van der Waals surface area contributed by atoms with Gasteiger partial charge in [-0.25, -0.2) is 9.13 Å². The summed E-state index contributed by atoms with van der Waals surface area (Å²) in [6.45, 7) is 2.94. The van der Waals surface area contributed by atoms with E-state index < -0.39 is 5.97 Å². The van der Waals surface area contributed by atoms with Gasteiger partial charge in [-0.3, -0.25) is 0 Å². The van der Waals surface area contributed by atoms with Gasteiger partial charge in [-0.2, -0.15) is 0 Å². The normalized spacial score (nSPS) is 11.0. The van der Waals surface area contributed by atoms with Crippen molar-refractivity contribution in [3.05, 3.63) is 54.1 Å². The van der Waals surface area contributed by atoms with Crippen LogP contribution in [-0.2, 0) is 24.3 Å². The first-order valence-electron chi connectivity index (χ1n) is 10.0. The van der Waals surface area contributed by atoms with E-state index >= 15 is 0 Å². The zero-order chi connectivity index (χ0) is 18.6. The second kappa shape index (κ2) is 11.5. The molecule has 4 heteroatoms. The second-order valence-corrected chi connectivity index (χ2v) is 7.05. The summed E-state index contributed by atoms with van der Waals surface area (Å²) in [5.41, 5.74) is 1.22. The van der Waals surface area contributed by atoms with Crippen molar-refractivity contribution in [2.24, 2.45) is 0 Å². The third kappa shape index (κ3) is 7.03. The molecule has 0 unspecified atom stereocenters. The van der Waals surface area contributed by atoms with Crippen molar-refractivity contribution in [3.8, 4) is 0 Å². The summed E-state index contributed by atoms with van der Waals surface area (Å²) >= 11 is 0. The van der Waals surface area contributed by atoms with E-state index in [2.05, 4.69) is 23.6 Å². The Kier molecular flexibility index (Phi) is 8.94. The first-order chi connectivity index (χ1) is 12.7. The molecule has 0 aliphatic heterocycles. The van der Waals surface area contributed by atoms with Crippen molar-refractivity contribution >= 4 is 5.97 Å². The van der Waals surface area contributed by atoms with E-state index in [0.29, 0.717) is 0 Å². The van der Waals surface area contributed by atoms with Gasteiger partial charge in [0.25, 0.3) is 5.82 Å². The molecular weight excluding hydrogens is 324 g/mol. The van der Waals surface area contributed by atoms with E-state index in [1.54, 1.807) is 0 Å². The number of carboxylic acids is 1. The summed E-state index contributed by atoms with van der Waals surface area (Å²) in [6, 6.07) is 10.3. The number of aliphatic carboxylic acids is 1. The van der Waals surface area contributed by atoms with E-state index in [1.165, 1.54) is 50.5 Å². The number of carboxylic acid groups (broad SMARTS) is 1. The monoisotopic (exact) mass is 356 g/mol. The third-order valence-corrected chi connectivity index (χ3v) is 4.84. The Morgan fingerprint density at radius 2 is 1.65 bits per heavy atom. The van der Waals surface area contributed by atoms with Crippen LogP contribution in [0.25, 0.3) is 0 Å². The highest BCUT2D eigenvalue weighted by molar-refractivity contribution is 5.64. The van der Waals surface area contributed by atoms with E-state index in [1.807, 2.05) is 35.2 Å². The first kappa shape index (κ1) is 20.2. The number of carbonyl (C=O) groups is 1. The molecular formula is C22H32N2O2. The van der Waals surface area contributed by atoms with Gasteiger partial charge in [-0.15, -0.1) is 0 Å². The quantitative estimate of drug-likeness (QED) is 0.408. The minimum Gasteiger partial charge on any atom is -0.546 e. The van der Waals surface area contributed by atoms with Crippen molar-refractivity contribution < 1.29 is 14.5 Å². The fourth-order valence-electron chi connectivity index (χ4n) is 3.41. The number of carbonyl (C=O) groups excluding carboxylic acids is 1. The molecule has 0 aliphatic rings. The molecule has 2 aromatic rings. The number of benzene rings is 1. The lowest BCUT2D eigenvalue weighted by Gasteiger charge is -2.07. The second-order valence-electron chi connectivity index (χ2n) is 7.05. The van der Waals surface area contributed by atoms with Gasteiger partial charge in [0, 0.05) is 6.42 Å². The van der Waals surface area contributed by atoms with Gasteiger partial charge in [0.2, 0.25) is 0 Å². The lowest BCUT2D eigenvalue weighted by Crippen LogP contribution is -2.39. The number of nitrogens with zero attached hydrogens (tertiary/aromatic N) is 2. The molecule has 0 bridgehead atoms. The summed E-state index contributed by atoms with van der Waals surface area (Å²) in [7, 11) is 0. The van der Waals surface area contributed by atoms with Gasteiger partial charge >= 0.3 is 0 Å². The summed E-state index contributed by atoms with van der Waals surface area (Å²) in [5.74, 6) is 0.0358. The molecule has 0 radical (unpaired) electrons. The van der Waals surface area contributed by atoms with Crippen LogP contribution in [0.5, 0.6) is 0 Å². The zero-order valence-electron chi connectivity index (χ0n) is 16.0. The number of hydrogen-bond acceptors (Lipinski definition) is 2. The first-order valence-corrected chi connectivity index (χ1v) is 10.0. The van der Waals surface area contributed by atoms with Gasteiger partial charge < -0.3 is 9.90 Å². The summed E-state index contributed by atoms with van der Waals surface area (Å²) < 4.78 is 3.99. The molecule has 26 heavy (non-hydrogen) atoms. The Labute approximate surface area is 157 Å². The van der Waals surface area contributed by atoms with Crippen molar-refractivity contribution in [1.82, 2.24) is 4.57 Å². The largest absolute Gasteiger partial charge is 0.546 e. The fraction of sp³-hybridized carbons (Fsp3) is 0.545. The van der Waals surface area contributed by atoms with Crippen LogP contribution < -0.4 is 9.67 Å². The average Bonchev–Trinajstić information content (AvgIpc) is 2.99. The summed E-state index contributed by atoms with van der Waals surface area (Å²) in [4.78, 5) is 11.0. The van der Waals surface area contributed by atoms with Crippen LogP contribution in [0.4, 0.5) is 0 Å². The highest BCUT2D eigenvalue weighted by Crippen LogP contribution is 2.11. The van der Waals surface area contributed by atoms with Crippen molar-refractivity contribution in [2.75, 3.05) is 0 Å². The number of rotatable bonds is 13. The molecule has 0 saturated heterocycles. The van der Waals surface area contributed by atoms with Gasteiger partial charge in [0.1, 0.15) is 25.5 Å². The smallest absolute Gasteiger partial charge is 0.257 e. The number of imidazole rings is 1. The van der Waals surface area contributed by atoms with Crippen LogP contribution in [0, 0.1) is 0 Å². The molecule has 0 aliphatic carbocycles. The average molecular weight is 357 g/mol. The zero-order valence-corrected chi connectivity index (χ0v) is 16.0. The molecule has 0 N–H and O–H groups in total. The molecule has 0 spiro atoms. The van der Waals surface area contributed by atoms with Crippen LogP contribution in [0.3, 0.4) is 0 Å². The maximum absolute atomic E-state index is 11.0. The Hall–Kier alpha value is -2.10. The van der Waals surface area contributed by atoms with E-state index in [9.17, 15) is 9.90 Å².